The number of carbonyl (C=O) groups is 1. The van der Waals surface area contributed by atoms with Crippen LogP contribution in [0.4, 0.5) is 4.79 Å². The Morgan fingerprint density at radius 3 is 2.79 bits per heavy atom. The largest absolute Gasteiger partial charge is 0.376 e. The molecule has 3 rings (SSSR count). The maximum Gasteiger partial charge on any atom is 0.318 e. The Kier molecular flexibility index (Phi) is 7.09. The highest BCUT2D eigenvalue weighted by Gasteiger charge is 2.26. The molecule has 2 aromatic rings. The van der Waals surface area contributed by atoms with Crippen LogP contribution in [-0.4, -0.2) is 45.3 Å². The lowest BCUT2D eigenvalue weighted by Crippen LogP contribution is -2.50. The van der Waals surface area contributed by atoms with Gasteiger partial charge in [0, 0.05) is 37.6 Å². The molecule has 29 heavy (non-hydrogen) atoms. The molecule has 8 heteroatoms. The second-order valence-corrected chi connectivity index (χ2v) is 9.23. The van der Waals surface area contributed by atoms with E-state index in [9.17, 15) is 4.79 Å². The fourth-order valence-corrected chi connectivity index (χ4v) is 3.61. The van der Waals surface area contributed by atoms with Gasteiger partial charge in [-0.05, 0) is 51.3 Å². The molecule has 1 unspecified atom stereocenters. The zero-order valence-corrected chi connectivity index (χ0v) is 18.6. The molecule has 0 spiro atoms. The van der Waals surface area contributed by atoms with E-state index in [4.69, 9.17) is 27.9 Å². The number of aromatic nitrogens is 2. The van der Waals surface area contributed by atoms with Crippen LogP contribution in [0.25, 0.3) is 0 Å². The molecule has 2 heterocycles. The summed E-state index contributed by atoms with van der Waals surface area (Å²) in [4.78, 5) is 19.2. The summed E-state index contributed by atoms with van der Waals surface area (Å²) >= 11 is 12.2. The smallest absolute Gasteiger partial charge is 0.318 e. The summed E-state index contributed by atoms with van der Waals surface area (Å²) in [6.07, 6.45) is 5.73. The van der Waals surface area contributed by atoms with Gasteiger partial charge in [-0.15, -0.1) is 0 Å². The number of ether oxygens (including phenoxy) is 1. The number of carbonyl (C=O) groups excluding carboxylic acids is 1. The summed E-state index contributed by atoms with van der Waals surface area (Å²) in [5, 5.41) is 4.10. The first-order chi connectivity index (χ1) is 13.7. The standard InChI is InChI=1S/C21H28Cl2N4O2/c1-21(2,3)25-20(28)27(13-16-5-4-10-29-16)14-19-24-8-9-26(19)12-15-6-7-17(22)18(23)11-15/h6-9,11,16H,4-5,10,12-14H2,1-3H3,(H,25,28). The van der Waals surface area contributed by atoms with Gasteiger partial charge in [-0.2, -0.15) is 0 Å². The van der Waals surface area contributed by atoms with Crippen LogP contribution in [0, 0.1) is 0 Å². The highest BCUT2D eigenvalue weighted by atomic mass is 35.5. The molecule has 0 bridgehead atoms. The molecular formula is C21H28Cl2N4O2. The molecule has 1 atom stereocenters. The molecule has 1 aliphatic heterocycles. The van der Waals surface area contributed by atoms with Gasteiger partial charge in [0.15, 0.2) is 0 Å². The number of hydrogen-bond acceptors (Lipinski definition) is 3. The summed E-state index contributed by atoms with van der Waals surface area (Å²) in [5.41, 5.74) is 0.699. The molecule has 1 fully saturated rings. The van der Waals surface area contributed by atoms with Crippen LogP contribution in [0.5, 0.6) is 0 Å². The van der Waals surface area contributed by atoms with E-state index in [1.165, 1.54) is 0 Å². The van der Waals surface area contributed by atoms with Crippen LogP contribution in [0.3, 0.4) is 0 Å². The number of benzene rings is 1. The van der Waals surface area contributed by atoms with Crippen LogP contribution in [0.2, 0.25) is 10.0 Å². The van der Waals surface area contributed by atoms with Crippen LogP contribution in [-0.2, 0) is 17.8 Å². The van der Waals surface area contributed by atoms with Crippen LogP contribution in [0.1, 0.15) is 45.0 Å². The monoisotopic (exact) mass is 438 g/mol. The quantitative estimate of drug-likeness (QED) is 0.708. The number of halogens is 2. The minimum absolute atomic E-state index is 0.0687. The third-order valence-corrected chi connectivity index (χ3v) is 5.43. The fraction of sp³-hybridized carbons (Fsp3) is 0.524. The molecule has 0 saturated carbocycles. The van der Waals surface area contributed by atoms with Crippen molar-refractivity contribution >= 4 is 29.2 Å². The summed E-state index contributed by atoms with van der Waals surface area (Å²) in [6, 6.07) is 5.46. The highest BCUT2D eigenvalue weighted by Crippen LogP contribution is 2.23. The maximum atomic E-state index is 12.9. The van der Waals surface area contributed by atoms with Gasteiger partial charge >= 0.3 is 6.03 Å². The van der Waals surface area contributed by atoms with Crippen LogP contribution in [0.15, 0.2) is 30.6 Å². The van der Waals surface area contributed by atoms with Crippen molar-refractivity contribution in [3.8, 4) is 0 Å². The number of amides is 2. The average molecular weight is 439 g/mol. The molecule has 6 nitrogen and oxygen atoms in total. The van der Waals surface area contributed by atoms with Crippen molar-refractivity contribution in [2.45, 2.75) is 58.3 Å². The Labute approximate surface area is 182 Å². The van der Waals surface area contributed by atoms with Crippen molar-refractivity contribution < 1.29 is 9.53 Å². The minimum Gasteiger partial charge on any atom is -0.376 e. The Balaban J connectivity index is 1.75. The van der Waals surface area contributed by atoms with Crippen molar-refractivity contribution in [3.05, 3.63) is 52.0 Å². The third-order valence-electron chi connectivity index (χ3n) is 4.69. The first-order valence-corrected chi connectivity index (χ1v) is 10.6. The summed E-state index contributed by atoms with van der Waals surface area (Å²) in [7, 11) is 0. The van der Waals surface area contributed by atoms with Crippen LogP contribution >= 0.6 is 23.2 Å². The van der Waals surface area contributed by atoms with E-state index >= 15 is 0 Å². The second kappa shape index (κ2) is 9.37. The second-order valence-electron chi connectivity index (χ2n) is 8.42. The van der Waals surface area contributed by atoms with E-state index in [1.807, 2.05) is 43.7 Å². The molecule has 2 amide bonds. The Morgan fingerprint density at radius 1 is 1.34 bits per heavy atom. The van der Waals surface area contributed by atoms with Crippen molar-refractivity contribution in [3.63, 3.8) is 0 Å². The topological polar surface area (TPSA) is 59.4 Å². The van der Waals surface area contributed by atoms with Crippen molar-refractivity contribution in [2.75, 3.05) is 13.2 Å². The van der Waals surface area contributed by atoms with E-state index < -0.39 is 0 Å². The van der Waals surface area contributed by atoms with Gasteiger partial charge in [0.2, 0.25) is 0 Å². The number of nitrogens with zero attached hydrogens (tertiary/aromatic N) is 3. The van der Waals surface area contributed by atoms with Gasteiger partial charge in [-0.1, -0.05) is 29.3 Å². The zero-order chi connectivity index (χ0) is 21.0. The lowest BCUT2D eigenvalue weighted by atomic mass is 10.1. The summed E-state index contributed by atoms with van der Waals surface area (Å²) in [6.45, 7) is 8.21. The van der Waals surface area contributed by atoms with E-state index in [0.717, 1.165) is 30.8 Å². The first-order valence-electron chi connectivity index (χ1n) is 9.84. The normalized spacial score (nSPS) is 16.8. The number of imidazole rings is 1. The van der Waals surface area contributed by atoms with E-state index in [1.54, 1.807) is 17.2 Å². The predicted octanol–water partition coefficient (Wildman–Crippen LogP) is 4.73. The molecular weight excluding hydrogens is 411 g/mol. The van der Waals surface area contributed by atoms with E-state index in [0.29, 0.717) is 29.7 Å². The average Bonchev–Trinajstić information content (AvgIpc) is 3.28. The van der Waals surface area contributed by atoms with E-state index in [-0.39, 0.29) is 17.7 Å². The summed E-state index contributed by atoms with van der Waals surface area (Å²) < 4.78 is 7.78. The highest BCUT2D eigenvalue weighted by molar-refractivity contribution is 6.42. The maximum absolute atomic E-state index is 12.9. The lowest BCUT2D eigenvalue weighted by Gasteiger charge is -2.30. The number of hydrogen-bond donors (Lipinski definition) is 1. The third kappa shape index (κ3) is 6.36. The first kappa shape index (κ1) is 21.9. The van der Waals surface area contributed by atoms with Gasteiger partial charge in [-0.25, -0.2) is 9.78 Å². The Hall–Kier alpha value is -1.76. The van der Waals surface area contributed by atoms with Gasteiger partial charge in [0.25, 0.3) is 0 Å². The van der Waals surface area contributed by atoms with Gasteiger partial charge in [0.1, 0.15) is 5.82 Å². The molecule has 1 aromatic heterocycles. The minimum atomic E-state index is -0.318. The van der Waals surface area contributed by atoms with Crippen molar-refractivity contribution in [1.82, 2.24) is 19.8 Å². The molecule has 1 aliphatic rings. The number of rotatable bonds is 6. The Morgan fingerprint density at radius 2 is 2.14 bits per heavy atom. The lowest BCUT2D eigenvalue weighted by molar-refractivity contribution is 0.0772. The van der Waals surface area contributed by atoms with Crippen molar-refractivity contribution in [2.24, 2.45) is 0 Å². The molecule has 0 radical (unpaired) electrons. The Bertz CT molecular complexity index is 841. The SMILES string of the molecule is CC(C)(C)NC(=O)N(Cc1nccn1Cc1ccc(Cl)c(Cl)c1)CC1CCCO1. The zero-order valence-electron chi connectivity index (χ0n) is 17.1. The van der Waals surface area contributed by atoms with Gasteiger partial charge < -0.3 is 19.5 Å². The van der Waals surface area contributed by atoms with Gasteiger partial charge in [-0.3, -0.25) is 0 Å². The van der Waals surface area contributed by atoms with E-state index in [2.05, 4.69) is 10.3 Å². The number of urea groups is 1. The molecule has 1 aromatic carbocycles. The molecule has 1 N–H and O–H groups in total. The van der Waals surface area contributed by atoms with Gasteiger partial charge in [0.05, 0.1) is 22.7 Å². The van der Waals surface area contributed by atoms with Crippen LogP contribution < -0.4 is 5.32 Å². The molecule has 158 valence electrons. The fourth-order valence-electron chi connectivity index (χ4n) is 3.29. The molecule has 1 saturated heterocycles. The van der Waals surface area contributed by atoms with Crippen molar-refractivity contribution in [1.29, 1.82) is 0 Å². The summed E-state index contributed by atoms with van der Waals surface area (Å²) in [5.74, 6) is 0.804. The number of nitrogens with one attached hydrogen (secondary N) is 1. The predicted molar refractivity (Wildman–Crippen MR) is 115 cm³/mol. The molecule has 0 aliphatic carbocycles.